The fraction of sp³-hybridized carbons (Fsp3) is 0.462. The molecule has 1 atom stereocenters. The summed E-state index contributed by atoms with van der Waals surface area (Å²) in [4.78, 5) is 2.08. The molecule has 1 aromatic carbocycles. The van der Waals surface area contributed by atoms with Crippen LogP contribution in [0.5, 0.6) is 0 Å². The average molecular weight is 316 g/mol. The molecule has 0 saturated heterocycles. The Balaban J connectivity index is 2.70. The second-order valence-corrected chi connectivity index (χ2v) is 5.34. The molecule has 0 aliphatic carbocycles. The van der Waals surface area contributed by atoms with Crippen molar-refractivity contribution in [1.29, 1.82) is 5.41 Å². The van der Waals surface area contributed by atoms with Crippen LogP contribution in [-0.2, 0) is 6.54 Å². The molecule has 5 heteroatoms. The first-order chi connectivity index (χ1) is 8.43. The van der Waals surface area contributed by atoms with Crippen LogP contribution in [0.2, 0.25) is 0 Å². The number of benzene rings is 1. The van der Waals surface area contributed by atoms with Crippen molar-refractivity contribution < 1.29 is 4.39 Å². The normalized spacial score (nSPS) is 12.7. The number of halogens is 2. The molecule has 100 valence electrons. The third-order valence-corrected chi connectivity index (χ3v) is 3.41. The Hall–Kier alpha value is -0.940. The van der Waals surface area contributed by atoms with Gasteiger partial charge in [0.2, 0.25) is 0 Å². The molecule has 1 aromatic rings. The molecule has 18 heavy (non-hydrogen) atoms. The SMILES string of the molecule is CCN(Cc1ccc(Br)cc1F)CC(C)C(=N)N. The lowest BCUT2D eigenvalue weighted by Gasteiger charge is -2.24. The molecule has 0 radical (unpaired) electrons. The number of rotatable bonds is 6. The van der Waals surface area contributed by atoms with Crippen molar-refractivity contribution in [2.45, 2.75) is 20.4 Å². The van der Waals surface area contributed by atoms with Crippen LogP contribution in [-0.4, -0.2) is 23.8 Å². The molecule has 1 rings (SSSR count). The van der Waals surface area contributed by atoms with E-state index in [0.717, 1.165) is 11.0 Å². The predicted octanol–water partition coefficient (Wildman–Crippen LogP) is 2.98. The summed E-state index contributed by atoms with van der Waals surface area (Å²) in [7, 11) is 0. The van der Waals surface area contributed by atoms with Crippen LogP contribution in [0, 0.1) is 17.1 Å². The van der Waals surface area contributed by atoms with E-state index in [-0.39, 0.29) is 17.6 Å². The standard InChI is InChI=1S/C13H19BrFN3/c1-3-18(7-9(2)13(16)17)8-10-4-5-11(14)6-12(10)15/h4-6,9H,3,7-8H2,1-2H3,(H3,16,17). The summed E-state index contributed by atoms with van der Waals surface area (Å²) in [5.74, 6) is -0.0495. The summed E-state index contributed by atoms with van der Waals surface area (Å²) in [5, 5.41) is 7.39. The second-order valence-electron chi connectivity index (χ2n) is 4.42. The Bertz CT molecular complexity index is 423. The van der Waals surface area contributed by atoms with Crippen molar-refractivity contribution in [3.05, 3.63) is 34.1 Å². The Kier molecular flexibility index (Phi) is 5.75. The molecule has 3 nitrogen and oxygen atoms in total. The zero-order chi connectivity index (χ0) is 13.7. The van der Waals surface area contributed by atoms with E-state index < -0.39 is 0 Å². The van der Waals surface area contributed by atoms with Crippen LogP contribution in [0.1, 0.15) is 19.4 Å². The largest absolute Gasteiger partial charge is 0.387 e. The van der Waals surface area contributed by atoms with Gasteiger partial charge in [-0.1, -0.05) is 35.8 Å². The molecule has 0 aromatic heterocycles. The van der Waals surface area contributed by atoms with Crippen molar-refractivity contribution in [2.75, 3.05) is 13.1 Å². The first kappa shape index (κ1) is 15.1. The monoisotopic (exact) mass is 315 g/mol. The van der Waals surface area contributed by atoms with Crippen molar-refractivity contribution in [2.24, 2.45) is 11.7 Å². The Morgan fingerprint density at radius 2 is 2.22 bits per heavy atom. The van der Waals surface area contributed by atoms with E-state index in [1.54, 1.807) is 6.07 Å². The van der Waals surface area contributed by atoms with Crippen LogP contribution >= 0.6 is 15.9 Å². The summed E-state index contributed by atoms with van der Waals surface area (Å²) in [5.41, 5.74) is 6.12. The minimum Gasteiger partial charge on any atom is -0.387 e. The third-order valence-electron chi connectivity index (χ3n) is 2.92. The summed E-state index contributed by atoms with van der Waals surface area (Å²) < 4.78 is 14.5. The van der Waals surface area contributed by atoms with Gasteiger partial charge in [0, 0.05) is 29.0 Å². The lowest BCUT2D eigenvalue weighted by atomic mass is 10.1. The molecular weight excluding hydrogens is 297 g/mol. The van der Waals surface area contributed by atoms with Crippen molar-refractivity contribution >= 4 is 21.8 Å². The second kappa shape index (κ2) is 6.85. The van der Waals surface area contributed by atoms with Gasteiger partial charge in [-0.3, -0.25) is 10.3 Å². The molecular formula is C13H19BrFN3. The lowest BCUT2D eigenvalue weighted by Crippen LogP contribution is -2.34. The Morgan fingerprint density at radius 3 is 2.72 bits per heavy atom. The van der Waals surface area contributed by atoms with Crippen LogP contribution in [0.3, 0.4) is 0 Å². The maximum absolute atomic E-state index is 13.7. The van der Waals surface area contributed by atoms with Gasteiger partial charge < -0.3 is 5.73 Å². The highest BCUT2D eigenvalue weighted by Gasteiger charge is 2.13. The third kappa shape index (κ3) is 4.38. The molecule has 3 N–H and O–H groups in total. The van der Waals surface area contributed by atoms with Crippen molar-refractivity contribution in [3.63, 3.8) is 0 Å². The number of nitrogens with zero attached hydrogens (tertiary/aromatic N) is 1. The zero-order valence-electron chi connectivity index (χ0n) is 10.7. The van der Waals surface area contributed by atoms with Crippen LogP contribution in [0.4, 0.5) is 4.39 Å². The van der Waals surface area contributed by atoms with Crippen LogP contribution < -0.4 is 5.73 Å². The average Bonchev–Trinajstić information content (AvgIpc) is 2.31. The van der Waals surface area contributed by atoms with Crippen molar-refractivity contribution in [3.8, 4) is 0 Å². The number of hydrogen-bond acceptors (Lipinski definition) is 2. The van der Waals surface area contributed by atoms with Gasteiger partial charge >= 0.3 is 0 Å². The van der Waals surface area contributed by atoms with Gasteiger partial charge in [0.1, 0.15) is 5.82 Å². The molecule has 0 bridgehead atoms. The molecule has 0 spiro atoms. The minimum absolute atomic E-state index is 0.0107. The highest BCUT2D eigenvalue weighted by molar-refractivity contribution is 9.10. The van der Waals surface area contributed by atoms with Crippen molar-refractivity contribution in [1.82, 2.24) is 4.90 Å². The maximum Gasteiger partial charge on any atom is 0.128 e. The molecule has 0 fully saturated rings. The Labute approximate surface area is 116 Å². The number of hydrogen-bond donors (Lipinski definition) is 2. The van der Waals surface area contributed by atoms with Crippen LogP contribution in [0.25, 0.3) is 0 Å². The van der Waals surface area contributed by atoms with Gasteiger partial charge in [-0.15, -0.1) is 0 Å². The fourth-order valence-electron chi connectivity index (χ4n) is 1.68. The van der Waals surface area contributed by atoms with E-state index >= 15 is 0 Å². The predicted molar refractivity (Wildman–Crippen MR) is 76.1 cm³/mol. The molecule has 0 aliphatic rings. The topological polar surface area (TPSA) is 53.1 Å². The van der Waals surface area contributed by atoms with Gasteiger partial charge in [-0.25, -0.2) is 4.39 Å². The molecule has 0 amide bonds. The van der Waals surface area contributed by atoms with E-state index in [1.165, 1.54) is 6.07 Å². The number of nitrogens with one attached hydrogen (secondary N) is 1. The van der Waals surface area contributed by atoms with Crippen LogP contribution in [0.15, 0.2) is 22.7 Å². The number of amidine groups is 1. The Morgan fingerprint density at radius 1 is 1.56 bits per heavy atom. The van der Waals surface area contributed by atoms with E-state index in [2.05, 4.69) is 20.8 Å². The van der Waals surface area contributed by atoms with E-state index in [0.29, 0.717) is 18.7 Å². The fourth-order valence-corrected chi connectivity index (χ4v) is 2.02. The summed E-state index contributed by atoms with van der Waals surface area (Å²) in [6, 6.07) is 5.08. The van der Waals surface area contributed by atoms with E-state index in [1.807, 2.05) is 19.9 Å². The quantitative estimate of drug-likeness (QED) is 0.626. The zero-order valence-corrected chi connectivity index (χ0v) is 12.3. The van der Waals surface area contributed by atoms with Gasteiger partial charge in [0.15, 0.2) is 0 Å². The first-order valence-electron chi connectivity index (χ1n) is 5.94. The molecule has 0 saturated carbocycles. The van der Waals surface area contributed by atoms with E-state index in [4.69, 9.17) is 11.1 Å². The van der Waals surface area contributed by atoms with Gasteiger partial charge in [-0.05, 0) is 18.7 Å². The lowest BCUT2D eigenvalue weighted by molar-refractivity contribution is 0.259. The van der Waals surface area contributed by atoms with Gasteiger partial charge in [0.25, 0.3) is 0 Å². The van der Waals surface area contributed by atoms with Gasteiger partial charge in [-0.2, -0.15) is 0 Å². The summed E-state index contributed by atoms with van der Waals surface area (Å²) in [6.07, 6.45) is 0. The summed E-state index contributed by atoms with van der Waals surface area (Å²) in [6.45, 7) is 5.92. The van der Waals surface area contributed by atoms with Gasteiger partial charge in [0.05, 0.1) is 5.84 Å². The van der Waals surface area contributed by atoms with E-state index in [9.17, 15) is 4.39 Å². The highest BCUT2D eigenvalue weighted by Crippen LogP contribution is 2.17. The molecule has 0 aliphatic heterocycles. The first-order valence-corrected chi connectivity index (χ1v) is 6.73. The summed E-state index contributed by atoms with van der Waals surface area (Å²) >= 11 is 3.24. The highest BCUT2D eigenvalue weighted by atomic mass is 79.9. The smallest absolute Gasteiger partial charge is 0.128 e. The maximum atomic E-state index is 13.7. The minimum atomic E-state index is -0.210. The molecule has 0 heterocycles. The number of nitrogens with two attached hydrogens (primary N) is 1. The molecule has 1 unspecified atom stereocenters.